The van der Waals surface area contributed by atoms with E-state index in [1.807, 2.05) is 36.4 Å². The normalized spacial score (nSPS) is 19.3. The van der Waals surface area contributed by atoms with Crippen molar-refractivity contribution in [1.29, 1.82) is 0 Å². The van der Waals surface area contributed by atoms with Crippen LogP contribution >= 0.6 is 0 Å². The van der Waals surface area contributed by atoms with Crippen LogP contribution in [-0.4, -0.2) is 42.8 Å². The average molecular weight is 339 g/mol. The number of benzene rings is 1. The lowest BCUT2D eigenvalue weighted by Crippen LogP contribution is -2.31. The maximum absolute atomic E-state index is 10.4. The topological polar surface area (TPSA) is 80.2 Å². The first-order chi connectivity index (χ1) is 12.3. The Kier molecular flexibility index (Phi) is 4.58. The first kappa shape index (κ1) is 16.0. The number of aromatic nitrogens is 4. The van der Waals surface area contributed by atoms with Crippen LogP contribution in [0.15, 0.2) is 53.1 Å². The maximum atomic E-state index is 10.4. The SMILES string of the molecule is OC(CC1CCCN1Cc1nnnn1-c1ccccc1)c1ccco1. The van der Waals surface area contributed by atoms with Crippen molar-refractivity contribution in [1.82, 2.24) is 25.1 Å². The molecule has 25 heavy (non-hydrogen) atoms. The van der Waals surface area contributed by atoms with E-state index in [1.54, 1.807) is 17.0 Å². The molecule has 0 saturated carbocycles. The molecule has 2 unspecified atom stereocenters. The van der Waals surface area contributed by atoms with Gasteiger partial charge in [0.1, 0.15) is 11.9 Å². The van der Waals surface area contributed by atoms with Gasteiger partial charge in [-0.25, -0.2) is 0 Å². The third kappa shape index (κ3) is 3.47. The fourth-order valence-corrected chi connectivity index (χ4v) is 3.48. The number of aliphatic hydroxyl groups is 1. The van der Waals surface area contributed by atoms with Crippen LogP contribution in [0.5, 0.6) is 0 Å². The predicted molar refractivity (Wildman–Crippen MR) is 90.9 cm³/mol. The quantitative estimate of drug-likeness (QED) is 0.742. The van der Waals surface area contributed by atoms with Gasteiger partial charge in [0.05, 0.1) is 18.5 Å². The monoisotopic (exact) mass is 339 g/mol. The molecule has 0 radical (unpaired) electrons. The van der Waals surface area contributed by atoms with Crippen LogP contribution in [0.4, 0.5) is 0 Å². The summed E-state index contributed by atoms with van der Waals surface area (Å²) in [5.41, 5.74) is 0.953. The van der Waals surface area contributed by atoms with E-state index in [1.165, 1.54) is 0 Å². The summed E-state index contributed by atoms with van der Waals surface area (Å²) in [5, 5.41) is 22.5. The molecule has 2 aromatic heterocycles. The third-order valence-electron chi connectivity index (χ3n) is 4.75. The minimum Gasteiger partial charge on any atom is -0.467 e. The Morgan fingerprint density at radius 2 is 2.08 bits per heavy atom. The van der Waals surface area contributed by atoms with E-state index in [-0.39, 0.29) is 0 Å². The molecule has 1 aliphatic rings. The minimum absolute atomic E-state index is 0.293. The largest absolute Gasteiger partial charge is 0.467 e. The van der Waals surface area contributed by atoms with Crippen molar-refractivity contribution in [2.45, 2.75) is 38.0 Å². The summed E-state index contributed by atoms with van der Waals surface area (Å²) in [7, 11) is 0. The van der Waals surface area contributed by atoms with Crippen molar-refractivity contribution in [3.05, 3.63) is 60.3 Å². The number of rotatable bonds is 6. The van der Waals surface area contributed by atoms with Crippen molar-refractivity contribution >= 4 is 0 Å². The van der Waals surface area contributed by atoms with E-state index in [0.29, 0.717) is 24.8 Å². The predicted octanol–water partition coefficient (Wildman–Crippen LogP) is 2.34. The highest BCUT2D eigenvalue weighted by Crippen LogP contribution is 2.28. The zero-order valence-electron chi connectivity index (χ0n) is 13.9. The molecule has 1 saturated heterocycles. The van der Waals surface area contributed by atoms with Crippen LogP contribution in [0.25, 0.3) is 5.69 Å². The van der Waals surface area contributed by atoms with Gasteiger partial charge in [-0.05, 0) is 60.5 Å². The van der Waals surface area contributed by atoms with Crippen LogP contribution < -0.4 is 0 Å². The average Bonchev–Trinajstić information content (AvgIpc) is 3.38. The highest BCUT2D eigenvalue weighted by molar-refractivity contribution is 5.30. The van der Waals surface area contributed by atoms with E-state index >= 15 is 0 Å². The molecule has 0 spiro atoms. The molecule has 1 aromatic carbocycles. The van der Waals surface area contributed by atoms with Crippen molar-refractivity contribution < 1.29 is 9.52 Å². The van der Waals surface area contributed by atoms with Crippen LogP contribution in [0.1, 0.15) is 37.0 Å². The molecule has 1 fully saturated rings. The second kappa shape index (κ2) is 7.16. The lowest BCUT2D eigenvalue weighted by molar-refractivity contribution is 0.0984. The van der Waals surface area contributed by atoms with Crippen LogP contribution in [0, 0.1) is 0 Å². The van der Waals surface area contributed by atoms with Gasteiger partial charge in [0.2, 0.25) is 0 Å². The van der Waals surface area contributed by atoms with Gasteiger partial charge < -0.3 is 9.52 Å². The van der Waals surface area contributed by atoms with Crippen LogP contribution in [-0.2, 0) is 6.54 Å². The number of furan rings is 1. The number of aliphatic hydroxyl groups excluding tert-OH is 1. The molecule has 3 heterocycles. The Morgan fingerprint density at radius 3 is 2.88 bits per heavy atom. The highest BCUT2D eigenvalue weighted by atomic mass is 16.4. The Hall–Kier alpha value is -2.51. The Morgan fingerprint density at radius 1 is 1.20 bits per heavy atom. The van der Waals surface area contributed by atoms with E-state index in [9.17, 15) is 5.11 Å². The molecule has 1 N–H and O–H groups in total. The summed E-state index contributed by atoms with van der Waals surface area (Å²) in [4.78, 5) is 2.34. The van der Waals surface area contributed by atoms with Crippen molar-refractivity contribution in [3.8, 4) is 5.69 Å². The second-order valence-electron chi connectivity index (χ2n) is 6.38. The lowest BCUT2D eigenvalue weighted by atomic mass is 10.1. The van der Waals surface area contributed by atoms with Crippen LogP contribution in [0.2, 0.25) is 0 Å². The molecule has 0 bridgehead atoms. The van der Waals surface area contributed by atoms with Gasteiger partial charge in [-0.15, -0.1) is 5.10 Å². The summed E-state index contributed by atoms with van der Waals surface area (Å²) >= 11 is 0. The molecule has 0 aliphatic carbocycles. The fourth-order valence-electron chi connectivity index (χ4n) is 3.48. The van der Waals surface area contributed by atoms with Gasteiger partial charge >= 0.3 is 0 Å². The molecule has 1 aliphatic heterocycles. The van der Waals surface area contributed by atoms with Gasteiger partial charge in [-0.1, -0.05) is 18.2 Å². The van der Waals surface area contributed by atoms with E-state index in [2.05, 4.69) is 20.4 Å². The fraction of sp³-hybridized carbons (Fsp3) is 0.389. The Bertz CT molecular complexity index is 787. The Balaban J connectivity index is 1.46. The van der Waals surface area contributed by atoms with Gasteiger partial charge in [0.15, 0.2) is 5.82 Å². The molecular formula is C18H21N5O2. The summed E-state index contributed by atoms with van der Waals surface area (Å²) in [5.74, 6) is 1.44. The van der Waals surface area contributed by atoms with Gasteiger partial charge in [-0.2, -0.15) is 4.68 Å². The summed E-state index contributed by atoms with van der Waals surface area (Å²) < 4.78 is 7.09. The number of nitrogens with zero attached hydrogens (tertiary/aromatic N) is 5. The van der Waals surface area contributed by atoms with E-state index in [0.717, 1.165) is 30.9 Å². The zero-order chi connectivity index (χ0) is 17.1. The first-order valence-electron chi connectivity index (χ1n) is 8.59. The molecule has 7 nitrogen and oxygen atoms in total. The number of para-hydroxylation sites is 1. The summed E-state index contributed by atoms with van der Waals surface area (Å²) in [6, 6.07) is 13.8. The second-order valence-corrected chi connectivity index (χ2v) is 6.38. The number of hydrogen-bond acceptors (Lipinski definition) is 6. The number of hydrogen-bond donors (Lipinski definition) is 1. The standard InChI is InChI=1S/C18H21N5O2/c24-16(17-9-5-11-25-17)12-15-8-4-10-22(15)13-18-19-20-21-23(18)14-6-2-1-3-7-14/h1-3,5-7,9,11,15-16,24H,4,8,10,12-13H2. The van der Waals surface area contributed by atoms with Gasteiger partial charge in [-0.3, -0.25) is 4.90 Å². The zero-order valence-corrected chi connectivity index (χ0v) is 13.9. The first-order valence-corrected chi connectivity index (χ1v) is 8.59. The molecule has 7 heteroatoms. The molecule has 3 aromatic rings. The Labute approximate surface area is 145 Å². The van der Waals surface area contributed by atoms with Gasteiger partial charge in [0, 0.05) is 6.04 Å². The minimum atomic E-state index is -0.578. The highest BCUT2D eigenvalue weighted by Gasteiger charge is 2.29. The molecule has 0 amide bonds. The third-order valence-corrected chi connectivity index (χ3v) is 4.75. The van der Waals surface area contributed by atoms with Crippen molar-refractivity contribution in [2.75, 3.05) is 6.54 Å². The maximum Gasteiger partial charge on any atom is 0.170 e. The molecule has 2 atom stereocenters. The van der Waals surface area contributed by atoms with Crippen molar-refractivity contribution in [3.63, 3.8) is 0 Å². The number of tetrazole rings is 1. The summed E-state index contributed by atoms with van der Waals surface area (Å²) in [6.07, 6.45) is 3.85. The summed E-state index contributed by atoms with van der Waals surface area (Å²) in [6.45, 7) is 1.65. The van der Waals surface area contributed by atoms with E-state index < -0.39 is 6.10 Å². The molecular weight excluding hydrogens is 318 g/mol. The molecule has 4 rings (SSSR count). The van der Waals surface area contributed by atoms with Crippen LogP contribution in [0.3, 0.4) is 0 Å². The number of likely N-dealkylation sites (tertiary alicyclic amines) is 1. The molecule has 130 valence electrons. The smallest absolute Gasteiger partial charge is 0.170 e. The lowest BCUT2D eigenvalue weighted by Gasteiger charge is -2.25. The van der Waals surface area contributed by atoms with Gasteiger partial charge in [0.25, 0.3) is 0 Å². The van der Waals surface area contributed by atoms with E-state index in [4.69, 9.17) is 4.42 Å². The van der Waals surface area contributed by atoms with Crippen molar-refractivity contribution in [2.24, 2.45) is 0 Å².